The van der Waals surface area contributed by atoms with Crippen LogP contribution in [0.2, 0.25) is 0 Å². The van der Waals surface area contributed by atoms with Crippen molar-refractivity contribution in [3.63, 3.8) is 0 Å². The third-order valence-electron chi connectivity index (χ3n) is 5.83. The van der Waals surface area contributed by atoms with E-state index in [1.165, 1.54) is 11.8 Å². The highest BCUT2D eigenvalue weighted by molar-refractivity contribution is 5.94. The summed E-state index contributed by atoms with van der Waals surface area (Å²) >= 11 is 0. The summed E-state index contributed by atoms with van der Waals surface area (Å²) in [4.78, 5) is 50.3. The minimum Gasteiger partial charge on any atom is -0.342 e. The molecule has 0 radical (unpaired) electrons. The van der Waals surface area contributed by atoms with Gasteiger partial charge in [0.15, 0.2) is 0 Å². The van der Waals surface area contributed by atoms with Crippen LogP contribution in [0.25, 0.3) is 0 Å². The molecule has 0 bridgehead atoms. The smallest absolute Gasteiger partial charge is 0.312 e. The average molecular weight is 425 g/mol. The second kappa shape index (κ2) is 11.3. The number of likely N-dealkylation sites (N-methyl/N-ethyl adjacent to an activating group) is 2. The van der Waals surface area contributed by atoms with E-state index < -0.39 is 28.9 Å². The first kappa shape index (κ1) is 27.9. The second-order valence-corrected chi connectivity index (χ2v) is 9.24. The van der Waals surface area contributed by atoms with Crippen molar-refractivity contribution < 1.29 is 14.4 Å². The Hall–Kier alpha value is -2.09. The molecule has 2 N–H and O–H groups in total. The number of nitrogens with one attached hydrogen (secondary N) is 2. The minimum atomic E-state index is -0.855. The summed E-state index contributed by atoms with van der Waals surface area (Å²) in [6, 6.07) is -1.20. The van der Waals surface area contributed by atoms with Crippen LogP contribution in [0.15, 0.2) is 16.8 Å². The molecule has 0 rings (SSSR count). The van der Waals surface area contributed by atoms with E-state index in [0.717, 1.165) is 0 Å². The van der Waals surface area contributed by atoms with Crippen LogP contribution in [0.4, 0.5) is 0 Å². The molecule has 30 heavy (non-hydrogen) atoms. The third kappa shape index (κ3) is 6.72. The van der Waals surface area contributed by atoms with Gasteiger partial charge in [-0.05, 0) is 38.1 Å². The van der Waals surface area contributed by atoms with Crippen LogP contribution >= 0.6 is 0 Å². The fraction of sp³-hybridized carbons (Fsp3) is 0.773. The van der Waals surface area contributed by atoms with Gasteiger partial charge in [-0.3, -0.25) is 14.4 Å². The van der Waals surface area contributed by atoms with E-state index in [4.69, 9.17) is 0 Å². The molecule has 0 saturated heterocycles. The van der Waals surface area contributed by atoms with E-state index in [0.29, 0.717) is 12.8 Å². The van der Waals surface area contributed by atoms with Crippen LogP contribution in [-0.2, 0) is 14.4 Å². The largest absolute Gasteiger partial charge is 0.342 e. The predicted octanol–water partition coefficient (Wildman–Crippen LogP) is 3.02. The van der Waals surface area contributed by atoms with E-state index in [9.17, 15) is 19.3 Å². The molecule has 0 unspecified atom stereocenters. The summed E-state index contributed by atoms with van der Waals surface area (Å²) in [7, 11) is 3.39. The van der Waals surface area contributed by atoms with E-state index >= 15 is 0 Å². The third-order valence-corrected chi connectivity index (χ3v) is 5.83. The topological polar surface area (TPSA) is 108 Å². The van der Waals surface area contributed by atoms with Gasteiger partial charge in [0.25, 0.3) is 0 Å². The average Bonchev–Trinajstić information content (AvgIpc) is 2.68. The normalized spacial score (nSPS) is 14.8. The summed E-state index contributed by atoms with van der Waals surface area (Å²) in [6.07, 6.45) is 2.76. The fourth-order valence-electron chi connectivity index (χ4n) is 3.46. The summed E-state index contributed by atoms with van der Waals surface area (Å²) in [6.45, 7) is 14.9. The molecule has 8 nitrogen and oxygen atoms in total. The molecule has 0 saturated carbocycles. The van der Waals surface area contributed by atoms with Crippen molar-refractivity contribution in [1.82, 2.24) is 15.5 Å². The van der Waals surface area contributed by atoms with Crippen LogP contribution in [0.1, 0.15) is 68.2 Å². The number of rotatable bonds is 10. The molecule has 0 fully saturated rings. The summed E-state index contributed by atoms with van der Waals surface area (Å²) in [5.74, 6) is -1.36. The molecule has 0 aliphatic heterocycles. The molecule has 172 valence electrons. The monoisotopic (exact) mass is 424 g/mol. The maximum absolute atomic E-state index is 13.5. The van der Waals surface area contributed by atoms with Crippen molar-refractivity contribution in [1.29, 1.82) is 0 Å². The van der Waals surface area contributed by atoms with Crippen LogP contribution in [0.3, 0.4) is 0 Å². The SMILES string of the molecule is CCC(CC)(NC)C(=O)N[C@H](C(=O)N(C)[C@H](/C=C(\C)C(=O)N=O)C(C)C)C(C)(C)C. The van der Waals surface area contributed by atoms with Crippen molar-refractivity contribution in [2.24, 2.45) is 16.5 Å². The maximum atomic E-state index is 13.5. The van der Waals surface area contributed by atoms with Crippen LogP contribution < -0.4 is 10.6 Å². The zero-order valence-corrected chi connectivity index (χ0v) is 20.3. The van der Waals surface area contributed by atoms with Gasteiger partial charge < -0.3 is 15.5 Å². The second-order valence-electron chi connectivity index (χ2n) is 9.24. The molecule has 0 spiro atoms. The van der Waals surface area contributed by atoms with E-state index in [2.05, 4.69) is 15.8 Å². The molecule has 3 amide bonds. The fourth-order valence-corrected chi connectivity index (χ4v) is 3.46. The number of carbonyl (C=O) groups is 3. The first-order chi connectivity index (χ1) is 13.7. The Bertz CT molecular complexity index is 652. The Labute approximate surface area is 181 Å². The van der Waals surface area contributed by atoms with Crippen LogP contribution in [0.5, 0.6) is 0 Å². The number of nitrogens with zero attached hydrogens (tertiary/aromatic N) is 2. The minimum absolute atomic E-state index is 0.0210. The van der Waals surface area contributed by atoms with Gasteiger partial charge in [-0.1, -0.05) is 54.5 Å². The molecule has 2 atom stereocenters. The van der Waals surface area contributed by atoms with Crippen molar-refractivity contribution >= 4 is 17.7 Å². The van der Waals surface area contributed by atoms with Gasteiger partial charge in [0, 0.05) is 17.8 Å². The molecule has 0 aliphatic carbocycles. The summed E-state index contributed by atoms with van der Waals surface area (Å²) in [5, 5.41) is 8.51. The molecule has 0 aromatic rings. The van der Waals surface area contributed by atoms with Gasteiger partial charge in [0.05, 0.1) is 11.6 Å². The Morgan fingerprint density at radius 2 is 1.60 bits per heavy atom. The van der Waals surface area contributed by atoms with Gasteiger partial charge in [0.1, 0.15) is 6.04 Å². The number of hydrogen-bond donors (Lipinski definition) is 2. The number of nitroso groups, excluding NO2 is 1. The zero-order valence-electron chi connectivity index (χ0n) is 20.3. The highest BCUT2D eigenvalue weighted by atomic mass is 16.3. The van der Waals surface area contributed by atoms with Crippen molar-refractivity contribution in [3.05, 3.63) is 16.6 Å². The lowest BCUT2D eigenvalue weighted by Gasteiger charge is -2.39. The Kier molecular flexibility index (Phi) is 10.6. The van der Waals surface area contributed by atoms with Gasteiger partial charge in [0.2, 0.25) is 11.8 Å². The summed E-state index contributed by atoms with van der Waals surface area (Å²) in [5.41, 5.74) is -1.10. The van der Waals surface area contributed by atoms with Crippen LogP contribution in [0, 0.1) is 16.2 Å². The predicted molar refractivity (Wildman–Crippen MR) is 120 cm³/mol. The summed E-state index contributed by atoms with van der Waals surface area (Å²) < 4.78 is 0. The lowest BCUT2D eigenvalue weighted by atomic mass is 9.83. The van der Waals surface area contributed by atoms with Crippen molar-refractivity contribution in [3.8, 4) is 0 Å². The van der Waals surface area contributed by atoms with Crippen LogP contribution in [-0.4, -0.2) is 54.3 Å². The molecule has 8 heteroatoms. The highest BCUT2D eigenvalue weighted by Gasteiger charge is 2.41. The Balaban J connectivity index is 6.00. The van der Waals surface area contributed by atoms with Gasteiger partial charge in [-0.25, -0.2) is 0 Å². The van der Waals surface area contributed by atoms with Gasteiger partial charge >= 0.3 is 5.91 Å². The number of hydrogen-bond acceptors (Lipinski definition) is 5. The van der Waals surface area contributed by atoms with Gasteiger partial charge in [-0.2, -0.15) is 0 Å². The first-order valence-electron chi connectivity index (χ1n) is 10.5. The number of carbonyl (C=O) groups excluding carboxylic acids is 3. The lowest BCUT2D eigenvalue weighted by Crippen LogP contribution is -2.62. The Morgan fingerprint density at radius 3 is 1.93 bits per heavy atom. The van der Waals surface area contributed by atoms with Crippen molar-refractivity contribution in [2.45, 2.75) is 85.9 Å². The zero-order chi connectivity index (χ0) is 23.9. The maximum Gasteiger partial charge on any atom is 0.312 e. The standard InChI is InChI=1S/C22H40N4O4/c1-11-22(12-2,23-9)20(29)24-17(21(6,7)8)19(28)26(10)16(14(3)4)13-15(5)18(27)25-30/h13-14,16-17,23H,11-12H2,1-10H3,(H,24,29)/b15-13+/t16-,17-/m1/s1. The molecule has 0 aromatic carbocycles. The molecule has 0 aromatic heterocycles. The lowest BCUT2D eigenvalue weighted by molar-refractivity contribution is -0.141. The van der Waals surface area contributed by atoms with E-state index in [-0.39, 0.29) is 23.3 Å². The molecular weight excluding hydrogens is 384 g/mol. The molecule has 0 heterocycles. The number of amides is 3. The van der Waals surface area contributed by atoms with Gasteiger partial charge in [-0.15, -0.1) is 4.91 Å². The van der Waals surface area contributed by atoms with E-state index in [1.807, 2.05) is 48.5 Å². The Morgan fingerprint density at radius 1 is 1.10 bits per heavy atom. The molecule has 0 aliphatic rings. The first-order valence-corrected chi connectivity index (χ1v) is 10.5. The molecular formula is C22H40N4O4. The van der Waals surface area contributed by atoms with Crippen molar-refractivity contribution in [2.75, 3.05) is 14.1 Å². The van der Waals surface area contributed by atoms with E-state index in [1.54, 1.807) is 20.2 Å². The quantitative estimate of drug-likeness (QED) is 0.414. The highest BCUT2D eigenvalue weighted by Crippen LogP contribution is 2.25.